The molecule has 126 valence electrons. The summed E-state index contributed by atoms with van der Waals surface area (Å²) in [5.41, 5.74) is 1.56. The minimum atomic E-state index is -0.994. The van der Waals surface area contributed by atoms with E-state index in [4.69, 9.17) is 9.84 Å². The van der Waals surface area contributed by atoms with Crippen molar-refractivity contribution in [1.82, 2.24) is 14.9 Å². The minimum Gasteiger partial charge on any atom is -0.481 e. The number of carboxylic acids is 1. The number of carbonyl (C=O) groups excluding carboxylic acids is 1. The Morgan fingerprint density at radius 3 is 2.75 bits per heavy atom. The molecule has 2 aromatic rings. The molecular formula is C17H19N3O4. The van der Waals surface area contributed by atoms with Gasteiger partial charge in [-0.05, 0) is 18.4 Å². The highest BCUT2D eigenvalue weighted by Gasteiger charge is 2.29. The second-order valence-electron chi connectivity index (χ2n) is 5.81. The number of alkyl carbamates (subject to hydrolysis) is 1. The number of nitrogens with one attached hydrogen (secondary N) is 1. The zero-order valence-corrected chi connectivity index (χ0v) is 13.1. The van der Waals surface area contributed by atoms with Crippen LogP contribution in [0.15, 0.2) is 42.9 Å². The number of ether oxygens (including phenoxy) is 1. The van der Waals surface area contributed by atoms with Crippen LogP contribution >= 0.6 is 0 Å². The molecule has 1 aliphatic carbocycles. The fourth-order valence-electron chi connectivity index (χ4n) is 2.55. The Bertz CT molecular complexity index is 710. The quantitative estimate of drug-likeness (QED) is 0.814. The Morgan fingerprint density at radius 1 is 1.33 bits per heavy atom. The third kappa shape index (κ3) is 4.13. The van der Waals surface area contributed by atoms with Crippen molar-refractivity contribution in [1.29, 1.82) is 0 Å². The van der Waals surface area contributed by atoms with Gasteiger partial charge >= 0.3 is 12.1 Å². The Balaban J connectivity index is 1.64. The molecule has 7 nitrogen and oxygen atoms in total. The molecule has 1 fully saturated rings. The number of nitrogens with zero attached hydrogens (tertiary/aromatic N) is 2. The van der Waals surface area contributed by atoms with E-state index in [1.54, 1.807) is 12.5 Å². The van der Waals surface area contributed by atoms with Crippen LogP contribution in [-0.4, -0.2) is 26.7 Å². The maximum atomic E-state index is 12.0. The van der Waals surface area contributed by atoms with Crippen molar-refractivity contribution in [3.8, 4) is 0 Å². The second kappa shape index (κ2) is 7.16. The summed E-state index contributed by atoms with van der Waals surface area (Å²) >= 11 is 0. The fraction of sp³-hybridized carbons (Fsp3) is 0.353. The number of hydrogen-bond donors (Lipinski definition) is 2. The first-order chi connectivity index (χ1) is 11.6. The van der Waals surface area contributed by atoms with E-state index in [2.05, 4.69) is 10.3 Å². The van der Waals surface area contributed by atoms with Crippen LogP contribution in [0.1, 0.15) is 42.6 Å². The average molecular weight is 329 g/mol. The molecule has 1 saturated carbocycles. The summed E-state index contributed by atoms with van der Waals surface area (Å²) in [6, 6.07) is 8.98. The Hall–Kier alpha value is -2.83. The number of carbonyl (C=O) groups is 2. The van der Waals surface area contributed by atoms with Crippen molar-refractivity contribution in [2.24, 2.45) is 0 Å². The van der Waals surface area contributed by atoms with Gasteiger partial charge in [-0.1, -0.05) is 30.3 Å². The van der Waals surface area contributed by atoms with Gasteiger partial charge in [-0.25, -0.2) is 9.78 Å². The van der Waals surface area contributed by atoms with Gasteiger partial charge in [0.15, 0.2) is 0 Å². The van der Waals surface area contributed by atoms with Gasteiger partial charge in [0.05, 0.1) is 30.7 Å². The van der Waals surface area contributed by atoms with Crippen molar-refractivity contribution < 1.29 is 19.4 Å². The van der Waals surface area contributed by atoms with E-state index in [0.29, 0.717) is 11.7 Å². The van der Waals surface area contributed by atoms with Crippen LogP contribution in [0.25, 0.3) is 0 Å². The molecule has 0 radical (unpaired) electrons. The van der Waals surface area contributed by atoms with Crippen LogP contribution in [0.3, 0.4) is 0 Å². The molecule has 0 unspecified atom stereocenters. The van der Waals surface area contributed by atoms with Crippen molar-refractivity contribution in [2.45, 2.75) is 38.0 Å². The van der Waals surface area contributed by atoms with Gasteiger partial charge in [-0.15, -0.1) is 0 Å². The number of amides is 1. The molecule has 0 aliphatic heterocycles. The molecule has 1 heterocycles. The number of hydrogen-bond acceptors (Lipinski definition) is 4. The maximum absolute atomic E-state index is 12.0. The van der Waals surface area contributed by atoms with E-state index in [1.165, 1.54) is 0 Å². The number of carboxylic acid groups (broad SMARTS) is 1. The lowest BCUT2D eigenvalue weighted by Gasteiger charge is -2.18. The summed E-state index contributed by atoms with van der Waals surface area (Å²) in [6.45, 7) is 0.133. The van der Waals surface area contributed by atoms with Crippen molar-refractivity contribution in [3.05, 3.63) is 54.1 Å². The predicted octanol–water partition coefficient (Wildman–Crippen LogP) is 2.66. The SMILES string of the molecule is O=C(O)C[C@@H](NC(=O)OCc1ccccc1)c1cncn1C1CC1. The molecule has 0 bridgehead atoms. The molecule has 0 spiro atoms. The summed E-state index contributed by atoms with van der Waals surface area (Å²) < 4.78 is 7.12. The van der Waals surface area contributed by atoms with Crippen LogP contribution in [-0.2, 0) is 16.1 Å². The molecule has 7 heteroatoms. The molecular weight excluding hydrogens is 310 g/mol. The van der Waals surface area contributed by atoms with Gasteiger partial charge in [0, 0.05) is 6.04 Å². The standard InChI is InChI=1S/C17H19N3O4/c21-16(22)8-14(15-9-18-11-20(15)13-6-7-13)19-17(23)24-10-12-4-2-1-3-5-12/h1-5,9,11,13-14H,6-8,10H2,(H,19,23)(H,21,22)/t14-/m1/s1. The maximum Gasteiger partial charge on any atom is 0.408 e. The largest absolute Gasteiger partial charge is 0.481 e. The molecule has 24 heavy (non-hydrogen) atoms. The Morgan fingerprint density at radius 2 is 2.08 bits per heavy atom. The van der Waals surface area contributed by atoms with Crippen molar-refractivity contribution >= 4 is 12.1 Å². The summed E-state index contributed by atoms with van der Waals surface area (Å²) in [5.74, 6) is -0.994. The number of rotatable bonds is 7. The van der Waals surface area contributed by atoms with E-state index in [-0.39, 0.29) is 13.0 Å². The molecule has 1 aromatic carbocycles. The number of aromatic nitrogens is 2. The second-order valence-corrected chi connectivity index (χ2v) is 5.81. The molecule has 1 amide bonds. The lowest BCUT2D eigenvalue weighted by atomic mass is 10.1. The lowest BCUT2D eigenvalue weighted by molar-refractivity contribution is -0.137. The van der Waals surface area contributed by atoms with Crippen molar-refractivity contribution in [2.75, 3.05) is 0 Å². The molecule has 1 atom stereocenters. The number of benzene rings is 1. The zero-order valence-electron chi connectivity index (χ0n) is 13.1. The highest BCUT2D eigenvalue weighted by molar-refractivity contribution is 5.71. The van der Waals surface area contributed by atoms with E-state index in [0.717, 1.165) is 18.4 Å². The third-order valence-corrected chi connectivity index (χ3v) is 3.88. The van der Waals surface area contributed by atoms with Crippen LogP contribution in [0.5, 0.6) is 0 Å². The van der Waals surface area contributed by atoms with Crippen LogP contribution < -0.4 is 5.32 Å². The van der Waals surface area contributed by atoms with E-state index in [1.807, 2.05) is 34.9 Å². The van der Waals surface area contributed by atoms with Gasteiger partial charge < -0.3 is 19.7 Å². The third-order valence-electron chi connectivity index (χ3n) is 3.88. The molecule has 0 saturated heterocycles. The highest BCUT2D eigenvalue weighted by Crippen LogP contribution is 2.37. The summed E-state index contributed by atoms with van der Waals surface area (Å²) in [5, 5.41) is 11.8. The van der Waals surface area contributed by atoms with Crippen LogP contribution in [0.2, 0.25) is 0 Å². The number of imidazole rings is 1. The highest BCUT2D eigenvalue weighted by atomic mass is 16.5. The lowest BCUT2D eigenvalue weighted by Crippen LogP contribution is -2.32. The average Bonchev–Trinajstić information content (AvgIpc) is 3.30. The summed E-state index contributed by atoms with van der Waals surface area (Å²) in [7, 11) is 0. The van der Waals surface area contributed by atoms with Gasteiger partial charge in [0.2, 0.25) is 0 Å². The Labute approximate surface area is 139 Å². The normalized spacial score (nSPS) is 14.8. The predicted molar refractivity (Wildman–Crippen MR) is 85.3 cm³/mol. The number of aliphatic carboxylic acids is 1. The van der Waals surface area contributed by atoms with Gasteiger partial charge in [0.25, 0.3) is 0 Å². The Kier molecular flexibility index (Phi) is 4.79. The first-order valence-corrected chi connectivity index (χ1v) is 7.84. The smallest absolute Gasteiger partial charge is 0.408 e. The summed E-state index contributed by atoms with van der Waals surface area (Å²) in [6.07, 6.45) is 4.50. The fourth-order valence-corrected chi connectivity index (χ4v) is 2.55. The molecule has 3 rings (SSSR count). The van der Waals surface area contributed by atoms with Crippen LogP contribution in [0.4, 0.5) is 4.79 Å². The van der Waals surface area contributed by atoms with E-state index >= 15 is 0 Å². The molecule has 1 aliphatic rings. The topological polar surface area (TPSA) is 93.5 Å². The van der Waals surface area contributed by atoms with Gasteiger partial charge in [0.1, 0.15) is 6.61 Å². The molecule has 1 aromatic heterocycles. The first-order valence-electron chi connectivity index (χ1n) is 7.84. The summed E-state index contributed by atoms with van der Waals surface area (Å²) in [4.78, 5) is 27.3. The zero-order chi connectivity index (χ0) is 16.9. The van der Waals surface area contributed by atoms with Gasteiger partial charge in [-0.3, -0.25) is 4.79 Å². The van der Waals surface area contributed by atoms with Crippen molar-refractivity contribution in [3.63, 3.8) is 0 Å². The molecule has 2 N–H and O–H groups in total. The first kappa shape index (κ1) is 16.0. The van der Waals surface area contributed by atoms with E-state index in [9.17, 15) is 9.59 Å². The van der Waals surface area contributed by atoms with Crippen LogP contribution in [0, 0.1) is 0 Å². The van der Waals surface area contributed by atoms with Gasteiger partial charge in [-0.2, -0.15) is 0 Å². The minimum absolute atomic E-state index is 0.133. The monoisotopic (exact) mass is 329 g/mol. The van der Waals surface area contributed by atoms with E-state index < -0.39 is 18.1 Å².